The van der Waals surface area contributed by atoms with Crippen LogP contribution in [0.2, 0.25) is 0 Å². The van der Waals surface area contributed by atoms with Gasteiger partial charge in [-0.05, 0) is 35.7 Å². The van der Waals surface area contributed by atoms with Gasteiger partial charge in [0.2, 0.25) is 15.9 Å². The number of hydrogen-bond acceptors (Lipinski definition) is 3. The lowest BCUT2D eigenvalue weighted by Gasteiger charge is -2.19. The fraction of sp³-hybridized carbons (Fsp3) is 0.188. The fourth-order valence-corrected chi connectivity index (χ4v) is 4.13. The second-order valence-corrected chi connectivity index (χ2v) is 6.96. The molecule has 2 atom stereocenters. The van der Waals surface area contributed by atoms with Crippen LogP contribution in [-0.2, 0) is 21.2 Å². The van der Waals surface area contributed by atoms with Gasteiger partial charge >= 0.3 is 0 Å². The van der Waals surface area contributed by atoms with E-state index in [-0.39, 0.29) is 4.90 Å². The van der Waals surface area contributed by atoms with Crippen molar-refractivity contribution in [2.24, 2.45) is 5.73 Å². The Bertz CT molecular complexity index is 803. The summed E-state index contributed by atoms with van der Waals surface area (Å²) in [6.07, 6.45) is 0.423. The summed E-state index contributed by atoms with van der Waals surface area (Å²) in [5.41, 5.74) is 7.14. The average Bonchev–Trinajstić information content (AvgIpc) is 2.85. The van der Waals surface area contributed by atoms with E-state index in [1.54, 1.807) is 36.4 Å². The summed E-state index contributed by atoms with van der Waals surface area (Å²) >= 11 is 0. The maximum absolute atomic E-state index is 12.4. The Balaban J connectivity index is 1.92. The minimum absolute atomic E-state index is 0.167. The molecule has 0 saturated heterocycles. The number of nitrogens with one attached hydrogen (secondary N) is 1. The van der Waals surface area contributed by atoms with E-state index in [0.717, 1.165) is 11.1 Å². The Kier molecular flexibility index (Phi) is 3.72. The van der Waals surface area contributed by atoms with Crippen LogP contribution in [0.4, 0.5) is 0 Å². The molecule has 1 amide bonds. The summed E-state index contributed by atoms with van der Waals surface area (Å²) in [6.45, 7) is 0. The highest BCUT2D eigenvalue weighted by atomic mass is 32.2. The van der Waals surface area contributed by atoms with Crippen molar-refractivity contribution in [3.63, 3.8) is 0 Å². The minimum Gasteiger partial charge on any atom is -0.369 e. The van der Waals surface area contributed by atoms with Crippen molar-refractivity contribution in [1.29, 1.82) is 0 Å². The van der Waals surface area contributed by atoms with Crippen LogP contribution in [0.5, 0.6) is 0 Å². The quantitative estimate of drug-likeness (QED) is 0.880. The van der Waals surface area contributed by atoms with Crippen molar-refractivity contribution in [2.75, 3.05) is 0 Å². The van der Waals surface area contributed by atoms with Crippen LogP contribution in [0.25, 0.3) is 0 Å². The van der Waals surface area contributed by atoms with Gasteiger partial charge in [-0.3, -0.25) is 4.79 Å². The number of sulfonamides is 1. The smallest absolute Gasteiger partial charge is 0.240 e. The van der Waals surface area contributed by atoms with Gasteiger partial charge in [0.05, 0.1) is 10.8 Å². The number of carbonyl (C=O) groups is 1. The third-order valence-corrected chi connectivity index (χ3v) is 5.34. The van der Waals surface area contributed by atoms with E-state index in [0.29, 0.717) is 6.42 Å². The number of hydrogen-bond donors (Lipinski definition) is 2. The van der Waals surface area contributed by atoms with Gasteiger partial charge in [-0.1, -0.05) is 36.4 Å². The number of benzene rings is 2. The first-order chi connectivity index (χ1) is 10.5. The molecule has 6 heteroatoms. The minimum atomic E-state index is -3.70. The molecule has 5 nitrogen and oxygen atoms in total. The van der Waals surface area contributed by atoms with E-state index in [1.807, 2.05) is 0 Å². The molecule has 0 heterocycles. The van der Waals surface area contributed by atoms with E-state index in [9.17, 15) is 13.2 Å². The van der Waals surface area contributed by atoms with Crippen LogP contribution in [0, 0.1) is 6.07 Å². The molecule has 3 rings (SSSR count). The molecule has 0 bridgehead atoms. The molecule has 0 saturated carbocycles. The number of fused-ring (bicyclic) bond motifs is 1. The number of carbonyl (C=O) groups excluding carboxylic acids is 1. The van der Waals surface area contributed by atoms with Gasteiger partial charge < -0.3 is 5.73 Å². The number of rotatable bonds is 4. The van der Waals surface area contributed by atoms with Gasteiger partial charge in [0.1, 0.15) is 0 Å². The van der Waals surface area contributed by atoms with Crippen LogP contribution in [-0.4, -0.2) is 20.4 Å². The molecule has 113 valence electrons. The van der Waals surface area contributed by atoms with Crippen LogP contribution in [0.1, 0.15) is 17.0 Å². The van der Waals surface area contributed by atoms with Gasteiger partial charge in [-0.15, -0.1) is 0 Å². The predicted octanol–water partition coefficient (Wildman–Crippen LogP) is 0.959. The van der Waals surface area contributed by atoms with Crippen LogP contribution >= 0.6 is 0 Å². The molecule has 2 aromatic rings. The number of nitrogens with two attached hydrogens (primary N) is 1. The van der Waals surface area contributed by atoms with Crippen molar-refractivity contribution in [3.05, 3.63) is 65.7 Å². The Labute approximate surface area is 129 Å². The molecular weight excluding hydrogens is 300 g/mol. The summed E-state index contributed by atoms with van der Waals surface area (Å²) in [6, 6.07) is 15.7. The van der Waals surface area contributed by atoms with E-state index >= 15 is 0 Å². The summed E-state index contributed by atoms with van der Waals surface area (Å²) in [5, 5.41) is 0. The molecule has 1 aliphatic rings. The Morgan fingerprint density at radius 1 is 1.23 bits per heavy atom. The normalized spacial score (nSPS) is 20.5. The lowest BCUT2D eigenvalue weighted by Crippen LogP contribution is -2.42. The predicted molar refractivity (Wildman–Crippen MR) is 81.5 cm³/mol. The maximum atomic E-state index is 12.4. The first kappa shape index (κ1) is 14.7. The fourth-order valence-electron chi connectivity index (χ4n) is 2.86. The van der Waals surface area contributed by atoms with E-state index < -0.39 is 27.9 Å². The van der Waals surface area contributed by atoms with Crippen molar-refractivity contribution in [1.82, 2.24) is 4.72 Å². The third-order valence-electron chi connectivity index (χ3n) is 3.83. The summed E-state index contributed by atoms with van der Waals surface area (Å²) < 4.78 is 27.5. The molecular formula is C16H15N2O3S. The van der Waals surface area contributed by atoms with Gasteiger partial charge in [-0.25, -0.2) is 13.1 Å². The first-order valence-corrected chi connectivity index (χ1v) is 8.33. The largest absolute Gasteiger partial charge is 0.369 e. The van der Waals surface area contributed by atoms with E-state index in [2.05, 4.69) is 10.8 Å². The second-order valence-electron chi connectivity index (χ2n) is 5.25. The summed E-state index contributed by atoms with van der Waals surface area (Å²) in [7, 11) is -3.70. The van der Waals surface area contributed by atoms with E-state index in [4.69, 9.17) is 5.73 Å². The van der Waals surface area contributed by atoms with Crippen molar-refractivity contribution < 1.29 is 13.2 Å². The van der Waals surface area contributed by atoms with Gasteiger partial charge in [-0.2, -0.15) is 0 Å². The molecule has 0 fully saturated rings. The molecule has 22 heavy (non-hydrogen) atoms. The monoisotopic (exact) mass is 315 g/mol. The Morgan fingerprint density at radius 2 is 1.95 bits per heavy atom. The molecule has 1 aliphatic carbocycles. The SMILES string of the molecule is NC(=O)C1c2cc[c]cc2CC1NS(=O)(=O)c1ccccc1. The number of amides is 1. The van der Waals surface area contributed by atoms with Crippen molar-refractivity contribution in [2.45, 2.75) is 23.3 Å². The summed E-state index contributed by atoms with van der Waals surface area (Å²) in [5.74, 6) is -1.20. The Hall–Kier alpha value is -2.18. The molecule has 0 spiro atoms. The molecule has 0 aromatic heterocycles. The highest BCUT2D eigenvalue weighted by molar-refractivity contribution is 7.89. The second kappa shape index (κ2) is 5.55. The van der Waals surface area contributed by atoms with Gasteiger partial charge in [0.15, 0.2) is 0 Å². The average molecular weight is 315 g/mol. The molecule has 3 N–H and O–H groups in total. The highest BCUT2D eigenvalue weighted by Crippen LogP contribution is 2.33. The zero-order valence-corrected chi connectivity index (χ0v) is 12.5. The van der Waals surface area contributed by atoms with Crippen LogP contribution in [0.15, 0.2) is 53.4 Å². The van der Waals surface area contributed by atoms with Crippen LogP contribution < -0.4 is 10.5 Å². The number of primary amides is 1. The standard InChI is InChI=1S/C16H15N2O3S/c17-16(19)15-13-9-5-4-6-11(13)10-14(15)18-22(20,21)12-7-2-1-3-8-12/h1-3,5-9,14-15,18H,10H2,(H2,17,19). The molecule has 0 aliphatic heterocycles. The molecule has 1 radical (unpaired) electrons. The lowest BCUT2D eigenvalue weighted by atomic mass is 9.98. The highest BCUT2D eigenvalue weighted by Gasteiger charge is 2.38. The van der Waals surface area contributed by atoms with Gasteiger partial charge in [0, 0.05) is 6.04 Å². The lowest BCUT2D eigenvalue weighted by molar-refractivity contribution is -0.119. The topological polar surface area (TPSA) is 89.3 Å². The molecule has 2 unspecified atom stereocenters. The van der Waals surface area contributed by atoms with Gasteiger partial charge in [0.25, 0.3) is 0 Å². The zero-order valence-electron chi connectivity index (χ0n) is 11.7. The maximum Gasteiger partial charge on any atom is 0.240 e. The third kappa shape index (κ3) is 2.63. The zero-order chi connectivity index (χ0) is 15.7. The Morgan fingerprint density at radius 3 is 2.64 bits per heavy atom. The van der Waals surface area contributed by atoms with Crippen LogP contribution in [0.3, 0.4) is 0 Å². The first-order valence-electron chi connectivity index (χ1n) is 6.84. The molecule has 2 aromatic carbocycles. The summed E-state index contributed by atoms with van der Waals surface area (Å²) in [4.78, 5) is 11.9. The van der Waals surface area contributed by atoms with Crippen molar-refractivity contribution >= 4 is 15.9 Å². The van der Waals surface area contributed by atoms with E-state index in [1.165, 1.54) is 12.1 Å². The van der Waals surface area contributed by atoms with Crippen molar-refractivity contribution in [3.8, 4) is 0 Å².